The smallest absolute Gasteiger partial charge is 0.364 e. The molecule has 1 unspecified atom stereocenters. The summed E-state index contributed by atoms with van der Waals surface area (Å²) in [4.78, 5) is 18.9. The molecular weight excluding hydrogens is 463 g/mol. The van der Waals surface area contributed by atoms with E-state index in [1.165, 1.54) is 29.0 Å². The summed E-state index contributed by atoms with van der Waals surface area (Å²) in [5.74, 6) is -0.303. The number of benzene rings is 3. The van der Waals surface area contributed by atoms with Crippen molar-refractivity contribution in [2.24, 2.45) is 0 Å². The van der Waals surface area contributed by atoms with Crippen molar-refractivity contribution in [2.45, 2.75) is 32.1 Å². The Bertz CT molecular complexity index is 1360. The lowest BCUT2D eigenvalue weighted by Gasteiger charge is -2.33. The lowest BCUT2D eigenvalue weighted by atomic mass is 9.96. The van der Waals surface area contributed by atoms with Gasteiger partial charge in [-0.25, -0.2) is 0 Å². The first-order valence-corrected chi connectivity index (χ1v) is 11.9. The summed E-state index contributed by atoms with van der Waals surface area (Å²) >= 11 is 0. The number of hydrogen-bond donors (Lipinski definition) is 2. The van der Waals surface area contributed by atoms with Gasteiger partial charge in [-0.2, -0.15) is 13.2 Å². The predicted octanol–water partition coefficient (Wildman–Crippen LogP) is 7.07. The second-order valence-electron chi connectivity index (χ2n) is 9.08. The Morgan fingerprint density at radius 2 is 1.75 bits per heavy atom. The third-order valence-corrected chi connectivity index (χ3v) is 6.82. The van der Waals surface area contributed by atoms with E-state index in [1.54, 1.807) is 24.3 Å². The molecule has 4 aromatic rings. The SMILES string of the molecule is CC(c1ccc[nH]1)N1CCc2cc(NC(=O)c3ccccc3-c3ccc(C(F)(F)F)cc3)ccc2C1. The first-order chi connectivity index (χ1) is 17.3. The van der Waals surface area contributed by atoms with Gasteiger partial charge in [-0.15, -0.1) is 0 Å². The van der Waals surface area contributed by atoms with E-state index in [-0.39, 0.29) is 11.9 Å². The van der Waals surface area contributed by atoms with E-state index >= 15 is 0 Å². The van der Waals surface area contributed by atoms with Gasteiger partial charge in [0.15, 0.2) is 0 Å². The normalized spacial score (nSPS) is 14.8. The van der Waals surface area contributed by atoms with Crippen molar-refractivity contribution in [3.8, 4) is 11.1 Å². The third kappa shape index (κ3) is 4.93. The molecule has 1 amide bonds. The van der Waals surface area contributed by atoms with Crippen LogP contribution >= 0.6 is 0 Å². The van der Waals surface area contributed by atoms with Crippen molar-refractivity contribution in [1.29, 1.82) is 0 Å². The van der Waals surface area contributed by atoms with E-state index in [1.807, 2.05) is 24.4 Å². The first kappa shape index (κ1) is 23.9. The molecule has 1 aromatic heterocycles. The predicted molar refractivity (Wildman–Crippen MR) is 135 cm³/mol. The molecule has 5 rings (SSSR count). The van der Waals surface area contributed by atoms with E-state index < -0.39 is 11.7 Å². The molecule has 7 heteroatoms. The molecule has 3 aromatic carbocycles. The molecule has 0 aliphatic carbocycles. The van der Waals surface area contributed by atoms with E-state index in [4.69, 9.17) is 0 Å². The quantitative estimate of drug-likeness (QED) is 0.315. The number of halogens is 3. The van der Waals surface area contributed by atoms with E-state index in [2.05, 4.69) is 34.3 Å². The summed E-state index contributed by atoms with van der Waals surface area (Å²) in [7, 11) is 0. The Morgan fingerprint density at radius 3 is 2.47 bits per heavy atom. The molecule has 2 heterocycles. The van der Waals surface area contributed by atoms with Gasteiger partial charge >= 0.3 is 6.18 Å². The maximum Gasteiger partial charge on any atom is 0.416 e. The largest absolute Gasteiger partial charge is 0.416 e. The van der Waals surface area contributed by atoms with Crippen LogP contribution in [-0.4, -0.2) is 22.3 Å². The van der Waals surface area contributed by atoms with Crippen molar-refractivity contribution in [3.05, 3.63) is 113 Å². The molecule has 0 saturated heterocycles. The average Bonchev–Trinajstić information content (AvgIpc) is 3.43. The molecule has 1 aliphatic rings. The van der Waals surface area contributed by atoms with Crippen LogP contribution in [0.5, 0.6) is 0 Å². The van der Waals surface area contributed by atoms with Crippen LogP contribution < -0.4 is 5.32 Å². The maximum absolute atomic E-state index is 13.2. The summed E-state index contributed by atoms with van der Waals surface area (Å²) in [6.07, 6.45) is -1.58. The van der Waals surface area contributed by atoms with Crippen LogP contribution in [0, 0.1) is 0 Å². The minimum Gasteiger partial charge on any atom is -0.364 e. The summed E-state index contributed by atoms with van der Waals surface area (Å²) in [6, 6.07) is 22.2. The number of nitrogens with zero attached hydrogens (tertiary/aromatic N) is 1. The average molecular weight is 490 g/mol. The fourth-order valence-electron chi connectivity index (χ4n) is 4.75. The molecule has 0 saturated carbocycles. The molecule has 0 radical (unpaired) electrons. The number of H-pyrrole nitrogens is 1. The van der Waals surface area contributed by atoms with Gasteiger partial charge in [-0.05, 0) is 78.1 Å². The lowest BCUT2D eigenvalue weighted by Crippen LogP contribution is -2.33. The minimum atomic E-state index is -4.40. The highest BCUT2D eigenvalue weighted by molar-refractivity contribution is 6.08. The zero-order valence-corrected chi connectivity index (χ0v) is 19.8. The number of fused-ring (bicyclic) bond motifs is 1. The Balaban J connectivity index is 1.32. The first-order valence-electron chi connectivity index (χ1n) is 11.9. The minimum absolute atomic E-state index is 0.286. The summed E-state index contributed by atoms with van der Waals surface area (Å²) in [5.41, 5.74) is 5.15. The molecule has 1 atom stereocenters. The number of nitrogens with one attached hydrogen (secondary N) is 2. The van der Waals surface area contributed by atoms with Crippen molar-refractivity contribution in [3.63, 3.8) is 0 Å². The number of rotatable bonds is 5. The fourth-order valence-corrected chi connectivity index (χ4v) is 4.75. The zero-order valence-electron chi connectivity index (χ0n) is 19.8. The molecule has 0 bridgehead atoms. The monoisotopic (exact) mass is 489 g/mol. The molecule has 2 N–H and O–H groups in total. The number of anilines is 1. The summed E-state index contributed by atoms with van der Waals surface area (Å²) < 4.78 is 38.8. The van der Waals surface area contributed by atoms with Gasteiger partial charge in [0.25, 0.3) is 5.91 Å². The highest BCUT2D eigenvalue weighted by Gasteiger charge is 2.30. The molecule has 36 heavy (non-hydrogen) atoms. The van der Waals surface area contributed by atoms with Gasteiger partial charge in [-0.1, -0.05) is 36.4 Å². The molecule has 1 aliphatic heterocycles. The van der Waals surface area contributed by atoms with E-state index in [9.17, 15) is 18.0 Å². The number of carbonyl (C=O) groups excluding carboxylic acids is 1. The molecule has 4 nitrogen and oxygen atoms in total. The van der Waals surface area contributed by atoms with Gasteiger partial charge in [0.1, 0.15) is 0 Å². The van der Waals surface area contributed by atoms with Gasteiger partial charge in [0.05, 0.1) is 5.56 Å². The van der Waals surface area contributed by atoms with Crippen molar-refractivity contribution in [2.75, 3.05) is 11.9 Å². The van der Waals surface area contributed by atoms with Crippen LogP contribution in [0.25, 0.3) is 11.1 Å². The maximum atomic E-state index is 13.2. The molecular formula is C29H26F3N3O. The van der Waals surface area contributed by atoms with Crippen LogP contribution in [-0.2, 0) is 19.1 Å². The highest BCUT2D eigenvalue weighted by Crippen LogP contribution is 2.33. The fraction of sp³-hybridized carbons (Fsp3) is 0.207. The van der Waals surface area contributed by atoms with Crippen molar-refractivity contribution >= 4 is 11.6 Å². The second kappa shape index (κ2) is 9.66. The Morgan fingerprint density at radius 1 is 0.972 bits per heavy atom. The van der Waals surface area contributed by atoms with Gasteiger partial charge in [0.2, 0.25) is 0 Å². The van der Waals surface area contributed by atoms with Gasteiger partial charge < -0.3 is 10.3 Å². The lowest BCUT2D eigenvalue weighted by molar-refractivity contribution is -0.137. The van der Waals surface area contributed by atoms with Gasteiger partial charge in [0, 0.05) is 42.3 Å². The van der Waals surface area contributed by atoms with Crippen molar-refractivity contribution in [1.82, 2.24) is 9.88 Å². The van der Waals surface area contributed by atoms with Crippen LogP contribution in [0.3, 0.4) is 0 Å². The Hall–Kier alpha value is -3.84. The number of alkyl halides is 3. The van der Waals surface area contributed by atoms with Crippen LogP contribution in [0.15, 0.2) is 85.1 Å². The second-order valence-corrected chi connectivity index (χ2v) is 9.08. The molecule has 184 valence electrons. The van der Waals surface area contributed by atoms with Crippen LogP contribution in [0.4, 0.5) is 18.9 Å². The molecule has 0 spiro atoms. The highest BCUT2D eigenvalue weighted by atomic mass is 19.4. The summed E-state index contributed by atoms with van der Waals surface area (Å²) in [5, 5.41) is 2.97. The van der Waals surface area contributed by atoms with E-state index in [0.717, 1.165) is 31.6 Å². The topological polar surface area (TPSA) is 48.1 Å². The zero-order chi connectivity index (χ0) is 25.3. The Kier molecular flexibility index (Phi) is 6.41. The van der Waals surface area contributed by atoms with Crippen molar-refractivity contribution < 1.29 is 18.0 Å². The number of carbonyl (C=O) groups is 1. The van der Waals surface area contributed by atoms with Gasteiger partial charge in [-0.3, -0.25) is 9.69 Å². The number of hydrogen-bond acceptors (Lipinski definition) is 2. The third-order valence-electron chi connectivity index (χ3n) is 6.82. The molecule has 0 fully saturated rings. The number of aromatic nitrogens is 1. The number of amides is 1. The Labute approximate surface area is 207 Å². The van der Waals surface area contributed by atoms with E-state index in [0.29, 0.717) is 22.4 Å². The van der Waals surface area contributed by atoms with Crippen LogP contribution in [0.2, 0.25) is 0 Å². The number of aromatic amines is 1. The standard InChI is InChI=1S/C29H26F3N3O/c1-19(27-7-4-15-33-27)35-16-14-21-17-24(13-10-22(21)18-35)34-28(36)26-6-3-2-5-25(26)20-8-11-23(12-9-20)29(30,31)32/h2-13,15,17,19,33H,14,16,18H2,1H3,(H,34,36). The van der Waals surface area contributed by atoms with Crippen LogP contribution in [0.1, 0.15) is 45.7 Å². The summed E-state index contributed by atoms with van der Waals surface area (Å²) in [6.45, 7) is 3.95.